The fourth-order valence-corrected chi connectivity index (χ4v) is 3.84. The molecule has 2 aromatic rings. The number of nitrogens with one attached hydrogen (secondary N) is 1. The first-order valence-electron chi connectivity index (χ1n) is 10.5. The Balaban J connectivity index is 1.76. The maximum absolute atomic E-state index is 13.3. The van der Waals surface area contributed by atoms with Crippen LogP contribution in [0, 0.1) is 11.2 Å². The van der Waals surface area contributed by atoms with Crippen molar-refractivity contribution in [3.8, 4) is 0 Å². The van der Waals surface area contributed by atoms with Gasteiger partial charge < -0.3 is 5.32 Å². The average Bonchev–Trinajstić information content (AvgIpc) is 2.70. The largest absolute Gasteiger partial charge is 0.347 e. The van der Waals surface area contributed by atoms with Gasteiger partial charge in [-0.05, 0) is 55.6 Å². The van der Waals surface area contributed by atoms with Crippen LogP contribution in [0.3, 0.4) is 0 Å². The number of nitrogens with zero attached hydrogens (tertiary/aromatic N) is 2. The third-order valence-electron chi connectivity index (χ3n) is 5.59. The molecule has 3 rings (SSSR count). The van der Waals surface area contributed by atoms with Gasteiger partial charge in [-0.1, -0.05) is 45.4 Å². The normalized spacial score (nSPS) is 19.0. The van der Waals surface area contributed by atoms with E-state index in [1.54, 1.807) is 6.20 Å². The van der Waals surface area contributed by atoms with Crippen LogP contribution in [0.1, 0.15) is 63.8 Å². The van der Waals surface area contributed by atoms with Crippen molar-refractivity contribution in [2.45, 2.75) is 65.1 Å². The highest BCUT2D eigenvalue weighted by molar-refractivity contribution is 5.81. The minimum Gasteiger partial charge on any atom is -0.347 e. The van der Waals surface area contributed by atoms with Crippen LogP contribution in [-0.4, -0.2) is 28.4 Å². The molecule has 1 amide bonds. The molecule has 2 atom stereocenters. The number of rotatable bonds is 6. The minimum absolute atomic E-state index is 0.0362. The zero-order valence-electron chi connectivity index (χ0n) is 17.7. The summed E-state index contributed by atoms with van der Waals surface area (Å²) in [5, 5.41) is 3.23. The first-order valence-corrected chi connectivity index (χ1v) is 10.5. The van der Waals surface area contributed by atoms with Crippen LogP contribution in [0.25, 0.3) is 0 Å². The lowest BCUT2D eigenvalue weighted by molar-refractivity contribution is -0.129. The summed E-state index contributed by atoms with van der Waals surface area (Å²) in [4.78, 5) is 19.7. The Morgan fingerprint density at radius 1 is 1.21 bits per heavy atom. The first kappa shape index (κ1) is 21.4. The zero-order chi connectivity index (χ0) is 20.9. The van der Waals surface area contributed by atoms with Crippen LogP contribution in [0.4, 0.5) is 4.39 Å². The standard InChI is InChI=1S/C24H32FN3O/c1-24(2,3)23(29)27-22(21-9-4-6-14-26-21)16-20-8-5-7-15-28(20)17-18-10-12-19(25)13-11-18/h4,6,9-14,20,22H,5,7-8,15-17H2,1-3H3,(H,27,29)/t20-,22-/m0/s1. The van der Waals surface area contributed by atoms with Gasteiger partial charge in [-0.2, -0.15) is 0 Å². The molecule has 5 heteroatoms. The van der Waals surface area contributed by atoms with Crippen molar-refractivity contribution in [1.82, 2.24) is 15.2 Å². The van der Waals surface area contributed by atoms with E-state index in [4.69, 9.17) is 0 Å². The predicted octanol–water partition coefficient (Wildman–Crippen LogP) is 4.87. The zero-order valence-corrected chi connectivity index (χ0v) is 17.7. The summed E-state index contributed by atoms with van der Waals surface area (Å²) in [5.74, 6) is -0.168. The molecule has 1 aliphatic heterocycles. The second kappa shape index (κ2) is 9.49. The minimum atomic E-state index is -0.451. The van der Waals surface area contributed by atoms with Crippen molar-refractivity contribution in [3.05, 3.63) is 65.7 Å². The number of hydrogen-bond acceptors (Lipinski definition) is 3. The molecule has 0 unspecified atom stereocenters. The molecule has 0 bridgehead atoms. The second-order valence-electron chi connectivity index (χ2n) is 9.01. The lowest BCUT2D eigenvalue weighted by Gasteiger charge is -2.38. The summed E-state index contributed by atoms with van der Waals surface area (Å²) in [7, 11) is 0. The molecule has 156 valence electrons. The number of halogens is 1. The molecule has 1 aliphatic rings. The molecule has 2 heterocycles. The highest BCUT2D eigenvalue weighted by Gasteiger charge is 2.30. The van der Waals surface area contributed by atoms with Crippen molar-refractivity contribution in [2.24, 2.45) is 5.41 Å². The van der Waals surface area contributed by atoms with Crippen LogP contribution >= 0.6 is 0 Å². The summed E-state index contributed by atoms with van der Waals surface area (Å²) in [6.45, 7) is 7.61. The molecule has 1 saturated heterocycles. The van der Waals surface area contributed by atoms with Gasteiger partial charge in [0.1, 0.15) is 5.82 Å². The summed E-state index contributed by atoms with van der Waals surface area (Å²) in [6, 6.07) is 12.8. The Morgan fingerprint density at radius 3 is 2.62 bits per heavy atom. The maximum atomic E-state index is 13.3. The Morgan fingerprint density at radius 2 is 1.97 bits per heavy atom. The fraction of sp³-hybridized carbons (Fsp3) is 0.500. The molecule has 29 heavy (non-hydrogen) atoms. The van der Waals surface area contributed by atoms with Gasteiger partial charge in [0.05, 0.1) is 11.7 Å². The number of likely N-dealkylation sites (tertiary alicyclic amines) is 1. The number of aromatic nitrogens is 1. The number of pyridine rings is 1. The van der Waals surface area contributed by atoms with Crippen LogP contribution in [0.2, 0.25) is 0 Å². The van der Waals surface area contributed by atoms with E-state index in [1.165, 1.54) is 25.0 Å². The number of piperidine rings is 1. The smallest absolute Gasteiger partial charge is 0.225 e. The van der Waals surface area contributed by atoms with E-state index < -0.39 is 5.41 Å². The van der Waals surface area contributed by atoms with E-state index >= 15 is 0 Å². The molecule has 1 fully saturated rings. The van der Waals surface area contributed by atoms with E-state index in [0.717, 1.165) is 37.2 Å². The first-order chi connectivity index (χ1) is 13.8. The van der Waals surface area contributed by atoms with Gasteiger partial charge >= 0.3 is 0 Å². The van der Waals surface area contributed by atoms with Crippen LogP contribution < -0.4 is 5.32 Å². The average molecular weight is 398 g/mol. The summed E-state index contributed by atoms with van der Waals surface area (Å²) >= 11 is 0. The van der Waals surface area contributed by atoms with Crippen molar-refractivity contribution in [2.75, 3.05) is 6.54 Å². The summed E-state index contributed by atoms with van der Waals surface area (Å²) in [5.41, 5.74) is 1.57. The van der Waals surface area contributed by atoms with Gasteiger partial charge in [0.15, 0.2) is 0 Å². The number of amides is 1. The molecule has 1 N–H and O–H groups in total. The Bertz CT molecular complexity index is 786. The molecule has 0 saturated carbocycles. The highest BCUT2D eigenvalue weighted by Crippen LogP contribution is 2.28. The van der Waals surface area contributed by atoms with Crippen LogP contribution in [-0.2, 0) is 11.3 Å². The van der Waals surface area contributed by atoms with Crippen molar-refractivity contribution < 1.29 is 9.18 Å². The number of carbonyl (C=O) groups is 1. The molecule has 1 aromatic carbocycles. The van der Waals surface area contributed by atoms with Crippen LogP contribution in [0.5, 0.6) is 0 Å². The third-order valence-corrected chi connectivity index (χ3v) is 5.59. The van der Waals surface area contributed by atoms with Gasteiger partial charge in [0.25, 0.3) is 0 Å². The quantitative estimate of drug-likeness (QED) is 0.756. The van der Waals surface area contributed by atoms with Gasteiger partial charge in [-0.25, -0.2) is 4.39 Å². The SMILES string of the molecule is CC(C)(C)C(=O)N[C@@H](C[C@@H]1CCCCN1Cc1ccc(F)cc1)c1ccccn1. The second-order valence-corrected chi connectivity index (χ2v) is 9.01. The molecular formula is C24H32FN3O. The van der Waals surface area contributed by atoms with Crippen molar-refractivity contribution in [1.29, 1.82) is 0 Å². The highest BCUT2D eigenvalue weighted by atomic mass is 19.1. The number of benzene rings is 1. The molecule has 0 spiro atoms. The Kier molecular flexibility index (Phi) is 7.01. The van der Waals surface area contributed by atoms with Gasteiger partial charge in [0.2, 0.25) is 5.91 Å². The van der Waals surface area contributed by atoms with Crippen LogP contribution in [0.15, 0.2) is 48.7 Å². The fourth-order valence-electron chi connectivity index (χ4n) is 3.84. The van der Waals surface area contributed by atoms with Gasteiger partial charge in [-0.15, -0.1) is 0 Å². The molecule has 0 radical (unpaired) electrons. The van der Waals surface area contributed by atoms with Gasteiger partial charge in [0, 0.05) is 24.2 Å². The number of hydrogen-bond donors (Lipinski definition) is 1. The number of carbonyl (C=O) groups excluding carboxylic acids is 1. The Hall–Kier alpha value is -2.27. The van der Waals surface area contributed by atoms with E-state index in [1.807, 2.05) is 51.1 Å². The summed E-state index contributed by atoms with van der Waals surface area (Å²) in [6.07, 6.45) is 6.05. The molecular weight excluding hydrogens is 365 g/mol. The van der Waals surface area contributed by atoms with E-state index in [-0.39, 0.29) is 17.8 Å². The van der Waals surface area contributed by atoms with E-state index in [2.05, 4.69) is 15.2 Å². The lowest BCUT2D eigenvalue weighted by atomic mass is 9.91. The molecule has 0 aliphatic carbocycles. The molecule has 1 aromatic heterocycles. The lowest BCUT2D eigenvalue weighted by Crippen LogP contribution is -2.44. The monoisotopic (exact) mass is 397 g/mol. The van der Waals surface area contributed by atoms with Gasteiger partial charge in [-0.3, -0.25) is 14.7 Å². The van der Waals surface area contributed by atoms with Crippen molar-refractivity contribution in [3.63, 3.8) is 0 Å². The third kappa shape index (κ3) is 6.10. The maximum Gasteiger partial charge on any atom is 0.225 e. The predicted molar refractivity (Wildman–Crippen MR) is 114 cm³/mol. The summed E-state index contributed by atoms with van der Waals surface area (Å²) < 4.78 is 13.3. The van der Waals surface area contributed by atoms with E-state index in [9.17, 15) is 9.18 Å². The topological polar surface area (TPSA) is 45.2 Å². The molecule has 4 nitrogen and oxygen atoms in total. The Labute approximate surface area is 173 Å². The van der Waals surface area contributed by atoms with Crippen molar-refractivity contribution >= 4 is 5.91 Å². The van der Waals surface area contributed by atoms with E-state index in [0.29, 0.717) is 6.04 Å².